The first kappa shape index (κ1) is 16.9. The van der Waals surface area contributed by atoms with Crippen LogP contribution in [0, 0.1) is 21.4 Å². The summed E-state index contributed by atoms with van der Waals surface area (Å²) in [7, 11) is 0. The van der Waals surface area contributed by atoms with Crippen LogP contribution in [0.4, 0.5) is 11.4 Å². The number of carbonyl (C=O) groups is 1. The van der Waals surface area contributed by atoms with Gasteiger partial charge in [-0.1, -0.05) is 12.1 Å². The maximum absolute atomic E-state index is 12.2. The first-order valence-corrected chi connectivity index (χ1v) is 7.51. The fraction of sp³-hybridized carbons (Fsp3) is 0.118. The molecule has 9 heteroatoms. The molecule has 0 spiro atoms. The minimum Gasteiger partial charge on any atom is -0.408 e. The summed E-state index contributed by atoms with van der Waals surface area (Å²) in [6.07, 6.45) is 0.267. The molecule has 3 rings (SSSR count). The van der Waals surface area contributed by atoms with Crippen molar-refractivity contribution in [2.24, 2.45) is 0 Å². The van der Waals surface area contributed by atoms with Gasteiger partial charge >= 0.3 is 5.76 Å². The molecule has 130 valence electrons. The minimum atomic E-state index is -0.778. The Morgan fingerprint density at radius 1 is 1.27 bits per heavy atom. The molecule has 26 heavy (non-hydrogen) atoms. The molecule has 9 nitrogen and oxygen atoms in total. The molecule has 1 aromatic heterocycles. The van der Waals surface area contributed by atoms with E-state index in [1.54, 1.807) is 24.3 Å². The number of non-ortho nitro benzene ring substituents is 1. The van der Waals surface area contributed by atoms with Gasteiger partial charge in [-0.2, -0.15) is 5.26 Å². The molecule has 0 aliphatic heterocycles. The quantitative estimate of drug-likeness (QED) is 0.553. The lowest BCUT2D eigenvalue weighted by Gasteiger charge is -2.06. The summed E-state index contributed by atoms with van der Waals surface area (Å²) < 4.78 is 6.03. The van der Waals surface area contributed by atoms with Gasteiger partial charge in [0, 0.05) is 17.8 Å². The number of carbonyl (C=O) groups excluding carboxylic acids is 1. The third kappa shape index (κ3) is 3.44. The number of hydrogen-bond donors (Lipinski definition) is 1. The number of rotatable bonds is 5. The molecule has 1 amide bonds. The van der Waals surface area contributed by atoms with Crippen LogP contribution in [0.1, 0.15) is 5.56 Å². The highest BCUT2D eigenvalue weighted by molar-refractivity contribution is 5.91. The van der Waals surface area contributed by atoms with Crippen molar-refractivity contribution in [3.05, 3.63) is 68.7 Å². The van der Waals surface area contributed by atoms with Gasteiger partial charge in [-0.15, -0.1) is 0 Å². The number of anilines is 1. The van der Waals surface area contributed by atoms with Crippen LogP contribution in [0.2, 0.25) is 0 Å². The molecule has 0 bridgehead atoms. The highest BCUT2D eigenvalue weighted by atomic mass is 16.6. The van der Waals surface area contributed by atoms with E-state index >= 15 is 0 Å². The van der Waals surface area contributed by atoms with E-state index in [0.29, 0.717) is 5.69 Å². The fourth-order valence-corrected chi connectivity index (χ4v) is 2.46. The van der Waals surface area contributed by atoms with Crippen LogP contribution in [0.5, 0.6) is 0 Å². The monoisotopic (exact) mass is 352 g/mol. The number of nitriles is 1. The summed E-state index contributed by atoms with van der Waals surface area (Å²) in [5.74, 6) is -1.27. The van der Waals surface area contributed by atoms with E-state index in [0.717, 1.165) is 10.1 Å². The van der Waals surface area contributed by atoms with Gasteiger partial charge in [0.2, 0.25) is 5.91 Å². The van der Waals surface area contributed by atoms with Crippen molar-refractivity contribution >= 4 is 28.4 Å². The highest BCUT2D eigenvalue weighted by Gasteiger charge is 2.16. The van der Waals surface area contributed by atoms with Crippen LogP contribution < -0.4 is 11.1 Å². The zero-order valence-corrected chi connectivity index (χ0v) is 13.3. The van der Waals surface area contributed by atoms with Gasteiger partial charge in [0.05, 0.1) is 22.9 Å². The third-order valence-electron chi connectivity index (χ3n) is 3.68. The summed E-state index contributed by atoms with van der Waals surface area (Å²) in [6, 6.07) is 12.5. The second-order valence-electron chi connectivity index (χ2n) is 5.44. The van der Waals surface area contributed by atoms with Gasteiger partial charge in [-0.25, -0.2) is 4.79 Å². The van der Waals surface area contributed by atoms with Crippen LogP contribution in [0.25, 0.3) is 11.1 Å². The average molecular weight is 352 g/mol. The second-order valence-corrected chi connectivity index (χ2v) is 5.44. The molecule has 0 unspecified atom stereocenters. The van der Waals surface area contributed by atoms with Crippen molar-refractivity contribution in [2.45, 2.75) is 13.0 Å². The van der Waals surface area contributed by atoms with Gasteiger partial charge < -0.3 is 9.73 Å². The summed E-state index contributed by atoms with van der Waals surface area (Å²) in [5, 5.41) is 22.2. The average Bonchev–Trinajstić information content (AvgIpc) is 2.91. The maximum Gasteiger partial charge on any atom is 0.420 e. The van der Waals surface area contributed by atoms with E-state index in [1.165, 1.54) is 18.2 Å². The van der Waals surface area contributed by atoms with Crippen LogP contribution in [-0.4, -0.2) is 15.4 Å². The van der Waals surface area contributed by atoms with E-state index in [1.807, 2.05) is 6.07 Å². The van der Waals surface area contributed by atoms with E-state index in [4.69, 9.17) is 9.68 Å². The Balaban J connectivity index is 1.81. The molecular weight excluding hydrogens is 340 g/mol. The van der Waals surface area contributed by atoms with Crippen LogP contribution >= 0.6 is 0 Å². The van der Waals surface area contributed by atoms with Crippen molar-refractivity contribution in [1.29, 1.82) is 5.26 Å². The number of aromatic nitrogens is 1. The SMILES string of the molecule is N#CCc1ccc(NC(=O)Cn2c(=O)oc3ccc([N+](=O)[O-])cc32)cc1. The Kier molecular flexibility index (Phi) is 4.49. The fourth-order valence-electron chi connectivity index (χ4n) is 2.46. The Bertz CT molecular complexity index is 1090. The zero-order valence-electron chi connectivity index (χ0n) is 13.3. The number of amides is 1. The van der Waals surface area contributed by atoms with Crippen molar-refractivity contribution < 1.29 is 14.1 Å². The number of hydrogen-bond acceptors (Lipinski definition) is 6. The van der Waals surface area contributed by atoms with E-state index in [2.05, 4.69) is 5.32 Å². The summed E-state index contributed by atoms with van der Waals surface area (Å²) >= 11 is 0. The smallest absolute Gasteiger partial charge is 0.408 e. The van der Waals surface area contributed by atoms with Gasteiger partial charge in [0.1, 0.15) is 6.54 Å². The largest absolute Gasteiger partial charge is 0.420 e. The Morgan fingerprint density at radius 2 is 2.00 bits per heavy atom. The highest BCUT2D eigenvalue weighted by Crippen LogP contribution is 2.20. The molecule has 1 heterocycles. The van der Waals surface area contributed by atoms with Crippen molar-refractivity contribution in [2.75, 3.05) is 5.32 Å². The molecule has 1 N–H and O–H groups in total. The molecule has 0 saturated carbocycles. The zero-order chi connectivity index (χ0) is 18.7. The molecule has 0 radical (unpaired) electrons. The molecule has 0 aliphatic carbocycles. The minimum absolute atomic E-state index is 0.161. The van der Waals surface area contributed by atoms with Gasteiger partial charge in [-0.05, 0) is 23.8 Å². The summed E-state index contributed by atoms with van der Waals surface area (Å²) in [4.78, 5) is 34.4. The number of nitro benzene ring substituents is 1. The number of fused-ring (bicyclic) bond motifs is 1. The lowest BCUT2D eigenvalue weighted by molar-refractivity contribution is -0.384. The third-order valence-corrected chi connectivity index (χ3v) is 3.68. The van der Waals surface area contributed by atoms with Gasteiger partial charge in [0.25, 0.3) is 5.69 Å². The summed E-state index contributed by atoms with van der Waals surface area (Å²) in [6.45, 7) is -0.354. The van der Waals surface area contributed by atoms with E-state index < -0.39 is 16.6 Å². The van der Waals surface area contributed by atoms with Gasteiger partial charge in [0.15, 0.2) is 5.58 Å². The van der Waals surface area contributed by atoms with Crippen LogP contribution in [0.3, 0.4) is 0 Å². The Hall–Kier alpha value is -3.93. The lowest BCUT2D eigenvalue weighted by atomic mass is 10.1. The molecule has 0 fully saturated rings. The van der Waals surface area contributed by atoms with Crippen molar-refractivity contribution in [1.82, 2.24) is 4.57 Å². The Labute approximate surface area is 146 Å². The van der Waals surface area contributed by atoms with E-state index in [-0.39, 0.29) is 29.8 Å². The first-order chi connectivity index (χ1) is 12.5. The predicted molar refractivity (Wildman–Crippen MR) is 91.5 cm³/mol. The molecule has 0 aliphatic rings. The molecule has 3 aromatic rings. The number of nitro groups is 1. The van der Waals surface area contributed by atoms with Crippen LogP contribution in [-0.2, 0) is 17.8 Å². The molecule has 0 saturated heterocycles. The van der Waals surface area contributed by atoms with E-state index in [9.17, 15) is 19.7 Å². The molecule has 2 aromatic carbocycles. The normalized spacial score (nSPS) is 10.4. The van der Waals surface area contributed by atoms with Crippen molar-refractivity contribution in [3.63, 3.8) is 0 Å². The lowest BCUT2D eigenvalue weighted by Crippen LogP contribution is -2.24. The Morgan fingerprint density at radius 3 is 2.65 bits per heavy atom. The predicted octanol–water partition coefficient (Wildman–Crippen LogP) is 2.21. The number of benzene rings is 2. The van der Waals surface area contributed by atoms with Crippen molar-refractivity contribution in [3.8, 4) is 6.07 Å². The maximum atomic E-state index is 12.2. The topological polar surface area (TPSA) is 131 Å². The number of oxazole rings is 1. The summed E-state index contributed by atoms with van der Waals surface area (Å²) in [5.41, 5.74) is 1.44. The number of nitrogens with one attached hydrogen (secondary N) is 1. The standard InChI is InChI=1S/C17H12N4O5/c18-8-7-11-1-3-12(4-2-11)19-16(22)10-20-14-9-13(21(24)25)5-6-15(14)26-17(20)23/h1-6,9H,7,10H2,(H,19,22). The molecule has 0 atom stereocenters. The first-order valence-electron chi connectivity index (χ1n) is 7.51. The van der Waals surface area contributed by atoms with Gasteiger partial charge in [-0.3, -0.25) is 19.5 Å². The molecular formula is C17H12N4O5. The van der Waals surface area contributed by atoms with Crippen LogP contribution in [0.15, 0.2) is 51.7 Å². The second kappa shape index (κ2) is 6.90. The number of nitrogens with zero attached hydrogens (tertiary/aromatic N) is 3.